The fraction of sp³-hybridized carbons (Fsp3) is 0.250. The second-order valence-corrected chi connectivity index (χ2v) is 9.72. The first-order valence-electron chi connectivity index (χ1n) is 11.6. The predicted molar refractivity (Wildman–Crippen MR) is 136 cm³/mol. The largest absolute Gasteiger partial charge is 0.350 e. The van der Waals surface area contributed by atoms with Crippen molar-refractivity contribution in [2.24, 2.45) is 0 Å². The Morgan fingerprint density at radius 3 is 2.29 bits per heavy atom. The standard InChI is InChI=1S/C28H28N4O2/c1-28(2,3)29-26(33)24(18-17-19-11-5-4-6-12-19)31-22-15-9-10-16-23(22)32-25(27(31)34)20-13-7-8-14-21(20)30-32/h4-16,24H,17-18H2,1-3H3,(H,29,33). The van der Waals surface area contributed by atoms with E-state index >= 15 is 0 Å². The molecule has 5 aromatic rings. The lowest BCUT2D eigenvalue weighted by molar-refractivity contribution is -0.125. The van der Waals surface area contributed by atoms with Gasteiger partial charge in [-0.3, -0.25) is 14.2 Å². The van der Waals surface area contributed by atoms with Crippen molar-refractivity contribution in [3.8, 4) is 0 Å². The summed E-state index contributed by atoms with van der Waals surface area (Å²) in [6.07, 6.45) is 1.17. The highest BCUT2D eigenvalue weighted by Gasteiger charge is 2.28. The Kier molecular flexibility index (Phi) is 5.44. The summed E-state index contributed by atoms with van der Waals surface area (Å²) in [6, 6.07) is 24.7. The number of rotatable bonds is 5. The smallest absolute Gasteiger partial charge is 0.278 e. The summed E-state index contributed by atoms with van der Waals surface area (Å²) in [5.41, 5.74) is 3.22. The van der Waals surface area contributed by atoms with E-state index in [0.717, 1.165) is 22.0 Å². The minimum atomic E-state index is -0.671. The van der Waals surface area contributed by atoms with Crippen molar-refractivity contribution < 1.29 is 4.79 Å². The van der Waals surface area contributed by atoms with Gasteiger partial charge in [0.05, 0.1) is 16.6 Å². The van der Waals surface area contributed by atoms with E-state index in [2.05, 4.69) is 5.32 Å². The van der Waals surface area contributed by atoms with Crippen molar-refractivity contribution in [1.29, 1.82) is 0 Å². The number of fused-ring (bicyclic) bond motifs is 5. The molecule has 34 heavy (non-hydrogen) atoms. The molecule has 172 valence electrons. The summed E-state index contributed by atoms with van der Waals surface area (Å²) < 4.78 is 3.39. The average molecular weight is 453 g/mol. The summed E-state index contributed by atoms with van der Waals surface area (Å²) in [5, 5.41) is 8.59. The van der Waals surface area contributed by atoms with E-state index in [1.54, 1.807) is 9.08 Å². The Morgan fingerprint density at radius 1 is 0.912 bits per heavy atom. The molecule has 6 nitrogen and oxygen atoms in total. The molecule has 2 heterocycles. The number of carbonyl (C=O) groups is 1. The maximum atomic E-state index is 14.1. The van der Waals surface area contributed by atoms with Crippen LogP contribution in [-0.4, -0.2) is 25.6 Å². The highest BCUT2D eigenvalue weighted by molar-refractivity contribution is 5.97. The molecule has 0 aliphatic rings. The first-order valence-corrected chi connectivity index (χ1v) is 11.6. The van der Waals surface area contributed by atoms with Crippen LogP contribution in [0.4, 0.5) is 0 Å². The molecule has 0 spiro atoms. The molecule has 0 saturated heterocycles. The number of aryl methyl sites for hydroxylation is 1. The highest BCUT2D eigenvalue weighted by atomic mass is 16.2. The molecular formula is C28H28N4O2. The zero-order valence-corrected chi connectivity index (χ0v) is 19.7. The quantitative estimate of drug-likeness (QED) is 0.413. The Morgan fingerprint density at radius 2 is 1.56 bits per heavy atom. The van der Waals surface area contributed by atoms with Gasteiger partial charge in [0, 0.05) is 10.9 Å². The normalized spacial score (nSPS) is 12.9. The fourth-order valence-electron chi connectivity index (χ4n) is 4.57. The Hall–Kier alpha value is -3.93. The molecule has 1 unspecified atom stereocenters. The van der Waals surface area contributed by atoms with Crippen molar-refractivity contribution >= 4 is 33.4 Å². The number of hydrogen-bond donors (Lipinski definition) is 1. The lowest BCUT2D eigenvalue weighted by Crippen LogP contribution is -2.46. The molecule has 1 N–H and O–H groups in total. The van der Waals surface area contributed by atoms with Gasteiger partial charge < -0.3 is 5.32 Å². The molecule has 2 aromatic heterocycles. The lowest BCUT2D eigenvalue weighted by atomic mass is 10.0. The van der Waals surface area contributed by atoms with E-state index in [1.165, 1.54) is 0 Å². The molecule has 0 radical (unpaired) electrons. The van der Waals surface area contributed by atoms with Crippen molar-refractivity contribution in [2.75, 3.05) is 0 Å². The second-order valence-electron chi connectivity index (χ2n) is 9.72. The maximum Gasteiger partial charge on any atom is 0.278 e. The topological polar surface area (TPSA) is 68.4 Å². The van der Waals surface area contributed by atoms with Crippen molar-refractivity contribution in [3.05, 3.63) is 94.8 Å². The van der Waals surface area contributed by atoms with Crippen LogP contribution in [0.25, 0.3) is 27.5 Å². The molecular weight excluding hydrogens is 424 g/mol. The average Bonchev–Trinajstić information content (AvgIpc) is 3.21. The van der Waals surface area contributed by atoms with Crippen LogP contribution in [-0.2, 0) is 11.2 Å². The third kappa shape index (κ3) is 3.96. The fourth-order valence-corrected chi connectivity index (χ4v) is 4.57. The molecule has 1 atom stereocenters. The van der Waals surface area contributed by atoms with Gasteiger partial charge in [0.15, 0.2) is 0 Å². The van der Waals surface area contributed by atoms with E-state index in [1.807, 2.05) is 99.6 Å². The molecule has 0 fully saturated rings. The van der Waals surface area contributed by atoms with Crippen LogP contribution < -0.4 is 10.9 Å². The molecule has 5 rings (SSSR count). The van der Waals surface area contributed by atoms with Gasteiger partial charge in [-0.1, -0.05) is 60.7 Å². The monoisotopic (exact) mass is 452 g/mol. The van der Waals surface area contributed by atoms with Gasteiger partial charge in [0.2, 0.25) is 5.91 Å². The van der Waals surface area contributed by atoms with E-state index in [9.17, 15) is 9.59 Å². The zero-order valence-electron chi connectivity index (χ0n) is 19.7. The van der Waals surface area contributed by atoms with Gasteiger partial charge in [-0.15, -0.1) is 0 Å². The van der Waals surface area contributed by atoms with Crippen LogP contribution in [0.15, 0.2) is 83.7 Å². The SMILES string of the molecule is CC(C)(C)NC(=O)C(CCc1ccccc1)n1c(=O)c2c3ccccc3nn2c2ccccc21. The van der Waals surface area contributed by atoms with Crippen molar-refractivity contribution in [3.63, 3.8) is 0 Å². The van der Waals surface area contributed by atoms with Crippen molar-refractivity contribution in [2.45, 2.75) is 45.2 Å². The summed E-state index contributed by atoms with van der Waals surface area (Å²) in [6.45, 7) is 5.86. The molecule has 1 amide bonds. The Bertz CT molecular complexity index is 1560. The molecule has 0 aliphatic heterocycles. The van der Waals surface area contributed by atoms with Crippen LogP contribution in [0.3, 0.4) is 0 Å². The summed E-state index contributed by atoms with van der Waals surface area (Å²) in [4.78, 5) is 27.7. The lowest BCUT2D eigenvalue weighted by Gasteiger charge is -2.27. The minimum absolute atomic E-state index is 0.163. The predicted octanol–water partition coefficient (Wildman–Crippen LogP) is 4.89. The number of hydrogen-bond acceptors (Lipinski definition) is 3. The van der Waals surface area contributed by atoms with Gasteiger partial charge in [-0.05, 0) is 57.4 Å². The van der Waals surface area contributed by atoms with Crippen LogP contribution in [0.5, 0.6) is 0 Å². The van der Waals surface area contributed by atoms with Gasteiger partial charge in [-0.2, -0.15) is 5.10 Å². The number of aromatic nitrogens is 3. The minimum Gasteiger partial charge on any atom is -0.350 e. The third-order valence-corrected chi connectivity index (χ3v) is 6.03. The van der Waals surface area contributed by atoms with E-state index < -0.39 is 11.6 Å². The highest BCUT2D eigenvalue weighted by Crippen LogP contribution is 2.26. The Labute approximate surface area is 197 Å². The number of amides is 1. The number of carbonyl (C=O) groups excluding carboxylic acids is 1. The molecule has 3 aromatic carbocycles. The van der Waals surface area contributed by atoms with Gasteiger partial charge in [0.1, 0.15) is 11.6 Å². The van der Waals surface area contributed by atoms with Gasteiger partial charge in [-0.25, -0.2) is 4.52 Å². The first-order chi connectivity index (χ1) is 16.3. The summed E-state index contributed by atoms with van der Waals surface area (Å²) in [5.74, 6) is -0.163. The third-order valence-electron chi connectivity index (χ3n) is 6.03. The van der Waals surface area contributed by atoms with Gasteiger partial charge >= 0.3 is 0 Å². The second kappa shape index (κ2) is 8.45. The summed E-state index contributed by atoms with van der Waals surface area (Å²) in [7, 11) is 0. The number of nitrogens with one attached hydrogen (secondary N) is 1. The molecule has 0 aliphatic carbocycles. The summed E-state index contributed by atoms with van der Waals surface area (Å²) >= 11 is 0. The van der Waals surface area contributed by atoms with Crippen LogP contribution in [0, 0.1) is 0 Å². The number of para-hydroxylation sites is 2. The number of nitrogens with zero attached hydrogens (tertiary/aromatic N) is 3. The van der Waals surface area contributed by atoms with Crippen LogP contribution >= 0.6 is 0 Å². The van der Waals surface area contributed by atoms with Crippen LogP contribution in [0.1, 0.15) is 38.8 Å². The molecule has 0 bridgehead atoms. The molecule has 0 saturated carbocycles. The van der Waals surface area contributed by atoms with Crippen LogP contribution in [0.2, 0.25) is 0 Å². The van der Waals surface area contributed by atoms with Crippen molar-refractivity contribution in [1.82, 2.24) is 19.5 Å². The van der Waals surface area contributed by atoms with Gasteiger partial charge in [0.25, 0.3) is 5.56 Å². The first kappa shape index (κ1) is 21.9. The Balaban J connectivity index is 1.75. The number of benzene rings is 3. The van der Waals surface area contributed by atoms with E-state index in [0.29, 0.717) is 23.9 Å². The zero-order chi connectivity index (χ0) is 23.9. The van der Waals surface area contributed by atoms with E-state index in [4.69, 9.17) is 5.10 Å². The maximum absolute atomic E-state index is 14.1. The van der Waals surface area contributed by atoms with E-state index in [-0.39, 0.29) is 11.5 Å². The molecule has 6 heteroatoms.